The summed E-state index contributed by atoms with van der Waals surface area (Å²) in [5.74, 6) is -0.234. The molecular weight excluding hydrogens is 196 g/mol. The van der Waals surface area contributed by atoms with Crippen LogP contribution in [-0.2, 0) is 4.79 Å². The molecule has 0 aromatic heterocycles. The molecule has 15 heavy (non-hydrogen) atoms. The molecule has 0 spiro atoms. The first-order valence-electron chi connectivity index (χ1n) is 5.32. The zero-order valence-corrected chi connectivity index (χ0v) is 9.19. The maximum Gasteiger partial charge on any atom is 0.324 e. The SMILES string of the molecule is CCCC1NC(=O)N(CC(C)CO)C1=O. The molecule has 0 aromatic carbocycles. The molecule has 1 saturated heterocycles. The average Bonchev–Trinajstić information content (AvgIpc) is 2.46. The molecule has 0 bridgehead atoms. The summed E-state index contributed by atoms with van der Waals surface area (Å²) in [6.07, 6.45) is 1.54. The van der Waals surface area contributed by atoms with Gasteiger partial charge in [-0.05, 0) is 12.3 Å². The van der Waals surface area contributed by atoms with Crippen molar-refractivity contribution in [2.45, 2.75) is 32.7 Å². The number of hydrogen-bond donors (Lipinski definition) is 2. The maximum atomic E-state index is 11.7. The van der Waals surface area contributed by atoms with Gasteiger partial charge in [-0.3, -0.25) is 9.69 Å². The molecule has 2 atom stereocenters. The highest BCUT2D eigenvalue weighted by atomic mass is 16.3. The normalized spacial score (nSPS) is 23.1. The van der Waals surface area contributed by atoms with Gasteiger partial charge in [-0.25, -0.2) is 4.79 Å². The van der Waals surface area contributed by atoms with Gasteiger partial charge in [-0.15, -0.1) is 0 Å². The van der Waals surface area contributed by atoms with E-state index in [-0.39, 0.29) is 30.5 Å². The third kappa shape index (κ3) is 2.68. The van der Waals surface area contributed by atoms with E-state index in [9.17, 15) is 9.59 Å². The van der Waals surface area contributed by atoms with Gasteiger partial charge in [0.25, 0.3) is 5.91 Å². The standard InChI is InChI=1S/C10H18N2O3/c1-3-4-8-9(14)12(10(15)11-8)5-7(2)6-13/h7-8,13H,3-6H2,1-2H3,(H,11,15). The second kappa shape index (κ2) is 5.11. The second-order valence-electron chi connectivity index (χ2n) is 4.03. The maximum absolute atomic E-state index is 11.7. The summed E-state index contributed by atoms with van der Waals surface area (Å²) < 4.78 is 0. The van der Waals surface area contributed by atoms with Crippen LogP contribution in [0.2, 0.25) is 0 Å². The van der Waals surface area contributed by atoms with E-state index in [0.717, 1.165) is 6.42 Å². The summed E-state index contributed by atoms with van der Waals surface area (Å²) >= 11 is 0. The van der Waals surface area contributed by atoms with Crippen molar-refractivity contribution in [2.75, 3.05) is 13.2 Å². The van der Waals surface area contributed by atoms with Crippen molar-refractivity contribution in [3.05, 3.63) is 0 Å². The van der Waals surface area contributed by atoms with Crippen LogP contribution in [0.4, 0.5) is 4.79 Å². The summed E-state index contributed by atoms with van der Waals surface area (Å²) in [6.45, 7) is 4.04. The van der Waals surface area contributed by atoms with E-state index < -0.39 is 0 Å². The predicted octanol–water partition coefficient (Wildman–Crippen LogP) is 0.335. The predicted molar refractivity (Wildman–Crippen MR) is 55.2 cm³/mol. The van der Waals surface area contributed by atoms with Gasteiger partial charge < -0.3 is 10.4 Å². The molecule has 3 amide bonds. The zero-order chi connectivity index (χ0) is 11.4. The fourth-order valence-corrected chi connectivity index (χ4v) is 1.60. The Kier molecular flexibility index (Phi) is 4.08. The topological polar surface area (TPSA) is 69.6 Å². The summed E-state index contributed by atoms with van der Waals surface area (Å²) in [5, 5.41) is 11.5. The molecule has 1 aliphatic rings. The summed E-state index contributed by atoms with van der Waals surface area (Å²) in [6, 6.07) is -0.702. The number of aliphatic hydroxyl groups is 1. The average molecular weight is 214 g/mol. The van der Waals surface area contributed by atoms with Crippen molar-refractivity contribution in [1.29, 1.82) is 0 Å². The number of nitrogens with one attached hydrogen (secondary N) is 1. The van der Waals surface area contributed by atoms with Gasteiger partial charge in [0.2, 0.25) is 0 Å². The number of aliphatic hydroxyl groups excluding tert-OH is 1. The van der Waals surface area contributed by atoms with Crippen LogP contribution >= 0.6 is 0 Å². The van der Waals surface area contributed by atoms with Gasteiger partial charge in [-0.1, -0.05) is 20.3 Å². The fraction of sp³-hybridized carbons (Fsp3) is 0.800. The van der Waals surface area contributed by atoms with E-state index in [0.29, 0.717) is 13.0 Å². The molecule has 2 N–H and O–H groups in total. The Morgan fingerprint density at radius 3 is 2.73 bits per heavy atom. The molecule has 1 aliphatic heterocycles. The van der Waals surface area contributed by atoms with Crippen molar-refractivity contribution in [2.24, 2.45) is 5.92 Å². The van der Waals surface area contributed by atoms with Gasteiger partial charge >= 0.3 is 6.03 Å². The van der Waals surface area contributed by atoms with Gasteiger partial charge in [-0.2, -0.15) is 0 Å². The van der Waals surface area contributed by atoms with Gasteiger partial charge in [0.05, 0.1) is 0 Å². The van der Waals surface area contributed by atoms with Crippen molar-refractivity contribution < 1.29 is 14.7 Å². The smallest absolute Gasteiger partial charge is 0.324 e. The van der Waals surface area contributed by atoms with Crippen LogP contribution in [0.5, 0.6) is 0 Å². The minimum absolute atomic E-state index is 0.0183. The van der Waals surface area contributed by atoms with Gasteiger partial charge in [0.1, 0.15) is 6.04 Å². The highest BCUT2D eigenvalue weighted by molar-refractivity contribution is 6.04. The molecule has 86 valence electrons. The number of urea groups is 1. The zero-order valence-electron chi connectivity index (χ0n) is 9.19. The van der Waals surface area contributed by atoms with Crippen molar-refractivity contribution >= 4 is 11.9 Å². The number of nitrogens with zero attached hydrogens (tertiary/aromatic N) is 1. The molecule has 0 saturated carbocycles. The number of carbonyl (C=O) groups excluding carboxylic acids is 2. The van der Waals surface area contributed by atoms with E-state index in [4.69, 9.17) is 5.11 Å². The third-order valence-corrected chi connectivity index (χ3v) is 2.49. The molecule has 0 aromatic rings. The Morgan fingerprint density at radius 1 is 1.53 bits per heavy atom. The lowest BCUT2D eigenvalue weighted by molar-refractivity contribution is -0.128. The first-order valence-corrected chi connectivity index (χ1v) is 5.32. The quantitative estimate of drug-likeness (QED) is 0.648. The van der Waals surface area contributed by atoms with E-state index in [2.05, 4.69) is 5.32 Å². The van der Waals surface area contributed by atoms with E-state index in [1.54, 1.807) is 6.92 Å². The Labute approximate surface area is 89.4 Å². The van der Waals surface area contributed by atoms with Crippen LogP contribution in [0.15, 0.2) is 0 Å². The van der Waals surface area contributed by atoms with Crippen molar-refractivity contribution in [3.63, 3.8) is 0 Å². The number of amides is 3. The van der Waals surface area contributed by atoms with E-state index in [1.807, 2.05) is 6.92 Å². The molecule has 0 radical (unpaired) electrons. The minimum atomic E-state index is -0.367. The van der Waals surface area contributed by atoms with Gasteiger partial charge in [0.15, 0.2) is 0 Å². The van der Waals surface area contributed by atoms with Crippen LogP contribution < -0.4 is 5.32 Å². The lowest BCUT2D eigenvalue weighted by Crippen LogP contribution is -2.36. The number of rotatable bonds is 5. The van der Waals surface area contributed by atoms with E-state index >= 15 is 0 Å². The van der Waals surface area contributed by atoms with Crippen LogP contribution in [0.3, 0.4) is 0 Å². The highest BCUT2D eigenvalue weighted by Gasteiger charge is 2.37. The number of imide groups is 1. The first kappa shape index (κ1) is 12.0. The third-order valence-electron chi connectivity index (χ3n) is 2.49. The summed E-state index contributed by atoms with van der Waals surface area (Å²) in [7, 11) is 0. The lowest BCUT2D eigenvalue weighted by Gasteiger charge is -2.16. The van der Waals surface area contributed by atoms with Gasteiger partial charge in [0, 0.05) is 13.2 Å². The number of carbonyl (C=O) groups is 2. The van der Waals surface area contributed by atoms with Crippen LogP contribution in [-0.4, -0.2) is 41.1 Å². The summed E-state index contributed by atoms with van der Waals surface area (Å²) in [5.41, 5.74) is 0. The Hall–Kier alpha value is -1.10. The minimum Gasteiger partial charge on any atom is -0.396 e. The highest BCUT2D eigenvalue weighted by Crippen LogP contribution is 2.12. The van der Waals surface area contributed by atoms with Crippen LogP contribution in [0.1, 0.15) is 26.7 Å². The molecule has 1 rings (SSSR count). The largest absolute Gasteiger partial charge is 0.396 e. The number of hydrogen-bond acceptors (Lipinski definition) is 3. The lowest BCUT2D eigenvalue weighted by atomic mass is 10.1. The Morgan fingerprint density at radius 2 is 2.20 bits per heavy atom. The Bertz CT molecular complexity index is 255. The first-order chi connectivity index (χ1) is 7.10. The van der Waals surface area contributed by atoms with Crippen molar-refractivity contribution in [3.8, 4) is 0 Å². The molecule has 5 nitrogen and oxygen atoms in total. The fourth-order valence-electron chi connectivity index (χ4n) is 1.60. The molecule has 5 heteroatoms. The van der Waals surface area contributed by atoms with Crippen molar-refractivity contribution in [1.82, 2.24) is 10.2 Å². The summed E-state index contributed by atoms with van der Waals surface area (Å²) in [4.78, 5) is 24.3. The molecular formula is C10H18N2O3. The molecule has 2 unspecified atom stereocenters. The van der Waals surface area contributed by atoms with Crippen LogP contribution in [0.25, 0.3) is 0 Å². The van der Waals surface area contributed by atoms with E-state index in [1.165, 1.54) is 4.90 Å². The Balaban J connectivity index is 2.58. The second-order valence-corrected chi connectivity index (χ2v) is 4.03. The van der Waals surface area contributed by atoms with Crippen LogP contribution in [0, 0.1) is 5.92 Å². The molecule has 1 heterocycles. The molecule has 0 aliphatic carbocycles. The molecule has 1 fully saturated rings. The monoisotopic (exact) mass is 214 g/mol.